The molecular weight excluding hydrogens is 212 g/mol. The molecule has 1 atom stereocenters. The summed E-state index contributed by atoms with van der Waals surface area (Å²) in [7, 11) is 0. The molecule has 96 valence electrons. The van der Waals surface area contributed by atoms with Crippen molar-refractivity contribution in [2.24, 2.45) is 11.7 Å². The Balaban J connectivity index is 1.86. The molecule has 1 aliphatic rings. The van der Waals surface area contributed by atoms with Gasteiger partial charge in [0.05, 0.1) is 0 Å². The van der Waals surface area contributed by atoms with Crippen molar-refractivity contribution >= 4 is 0 Å². The van der Waals surface area contributed by atoms with E-state index in [0.717, 1.165) is 24.6 Å². The molecule has 0 amide bonds. The lowest BCUT2D eigenvalue weighted by molar-refractivity contribution is 0.400. The lowest BCUT2D eigenvalue weighted by atomic mass is 9.95. The van der Waals surface area contributed by atoms with Gasteiger partial charge in [-0.1, -0.05) is 12.8 Å². The molecule has 1 heterocycles. The van der Waals surface area contributed by atoms with Crippen molar-refractivity contribution in [3.8, 4) is 0 Å². The molecule has 0 aliphatic heterocycles. The van der Waals surface area contributed by atoms with Crippen molar-refractivity contribution in [1.82, 2.24) is 14.8 Å². The summed E-state index contributed by atoms with van der Waals surface area (Å²) >= 11 is 0. The first kappa shape index (κ1) is 12.6. The van der Waals surface area contributed by atoms with Crippen LogP contribution in [0.5, 0.6) is 0 Å². The molecule has 17 heavy (non-hydrogen) atoms. The molecule has 1 unspecified atom stereocenters. The van der Waals surface area contributed by atoms with Gasteiger partial charge in [-0.2, -0.15) is 5.10 Å². The number of nitrogens with two attached hydrogens (primary N) is 1. The Morgan fingerprint density at radius 1 is 1.41 bits per heavy atom. The maximum absolute atomic E-state index is 6.26. The maximum atomic E-state index is 6.26. The van der Waals surface area contributed by atoms with Gasteiger partial charge >= 0.3 is 0 Å². The van der Waals surface area contributed by atoms with Crippen molar-refractivity contribution in [1.29, 1.82) is 0 Å². The highest BCUT2D eigenvalue weighted by Gasteiger charge is 2.22. The number of nitrogens with zero attached hydrogens (tertiary/aromatic N) is 3. The molecule has 1 fully saturated rings. The van der Waals surface area contributed by atoms with E-state index in [4.69, 9.17) is 5.73 Å². The normalized spacial score (nSPS) is 19.1. The van der Waals surface area contributed by atoms with Gasteiger partial charge in [-0.25, -0.2) is 9.67 Å². The third-order valence-electron chi connectivity index (χ3n) is 3.84. The molecule has 0 bridgehead atoms. The number of hydrogen-bond acceptors (Lipinski definition) is 3. The van der Waals surface area contributed by atoms with Crippen LogP contribution in [0.25, 0.3) is 0 Å². The highest BCUT2D eigenvalue weighted by Crippen LogP contribution is 2.28. The van der Waals surface area contributed by atoms with Crippen LogP contribution in [0.3, 0.4) is 0 Å². The van der Waals surface area contributed by atoms with Crippen LogP contribution >= 0.6 is 0 Å². The van der Waals surface area contributed by atoms with Crippen molar-refractivity contribution in [2.75, 3.05) is 0 Å². The van der Waals surface area contributed by atoms with Gasteiger partial charge in [0.2, 0.25) is 0 Å². The van der Waals surface area contributed by atoms with E-state index in [-0.39, 0.29) is 0 Å². The predicted octanol–water partition coefficient (Wildman–Crippen LogP) is 2.31. The number of aromatic nitrogens is 3. The van der Waals surface area contributed by atoms with Gasteiger partial charge < -0.3 is 5.73 Å². The molecular formula is C13H24N4. The average Bonchev–Trinajstić information content (AvgIpc) is 2.96. The molecule has 4 heteroatoms. The summed E-state index contributed by atoms with van der Waals surface area (Å²) in [5, 5.41) is 4.26. The Bertz CT molecular complexity index is 339. The topological polar surface area (TPSA) is 56.7 Å². The minimum Gasteiger partial charge on any atom is -0.327 e. The van der Waals surface area contributed by atoms with E-state index >= 15 is 0 Å². The van der Waals surface area contributed by atoms with E-state index in [2.05, 4.69) is 23.9 Å². The first-order chi connectivity index (χ1) is 8.18. The zero-order chi connectivity index (χ0) is 12.3. The zero-order valence-corrected chi connectivity index (χ0v) is 11.0. The number of hydrogen-bond donors (Lipinski definition) is 1. The Morgan fingerprint density at radius 3 is 2.76 bits per heavy atom. The monoisotopic (exact) mass is 236 g/mol. The molecule has 1 aromatic heterocycles. The van der Waals surface area contributed by atoms with Crippen LogP contribution in [0.1, 0.15) is 57.8 Å². The largest absolute Gasteiger partial charge is 0.327 e. The zero-order valence-electron chi connectivity index (χ0n) is 11.0. The summed E-state index contributed by atoms with van der Waals surface area (Å²) in [5.74, 6) is 1.82. The van der Waals surface area contributed by atoms with E-state index in [1.165, 1.54) is 25.7 Å². The third kappa shape index (κ3) is 3.06. The second kappa shape index (κ2) is 5.63. The second-order valence-electron chi connectivity index (χ2n) is 5.46. The minimum atomic E-state index is 0.342. The van der Waals surface area contributed by atoms with E-state index in [1.54, 1.807) is 6.33 Å². The van der Waals surface area contributed by atoms with Crippen molar-refractivity contribution < 1.29 is 0 Å². The summed E-state index contributed by atoms with van der Waals surface area (Å²) in [6, 6.07) is 0.727. The van der Waals surface area contributed by atoms with Gasteiger partial charge in [-0.15, -0.1) is 0 Å². The van der Waals surface area contributed by atoms with Gasteiger partial charge in [-0.3, -0.25) is 0 Å². The molecule has 1 aliphatic carbocycles. The fraction of sp³-hybridized carbons (Fsp3) is 0.846. The molecule has 0 radical (unpaired) electrons. The van der Waals surface area contributed by atoms with Crippen molar-refractivity contribution in [3.63, 3.8) is 0 Å². The number of rotatable bonds is 5. The fourth-order valence-electron chi connectivity index (χ4n) is 2.80. The van der Waals surface area contributed by atoms with Crippen LogP contribution in [0.15, 0.2) is 6.33 Å². The summed E-state index contributed by atoms with van der Waals surface area (Å²) in [4.78, 5) is 4.33. The van der Waals surface area contributed by atoms with E-state index in [9.17, 15) is 0 Å². The SMILES string of the molecule is CC(C)n1ncnc1CCC(N)C1CCCC1. The molecule has 0 saturated heterocycles. The van der Waals surface area contributed by atoms with Crippen LogP contribution in [0.4, 0.5) is 0 Å². The van der Waals surface area contributed by atoms with Crippen LogP contribution < -0.4 is 5.73 Å². The molecule has 1 aromatic rings. The second-order valence-corrected chi connectivity index (χ2v) is 5.46. The molecule has 2 N–H and O–H groups in total. The third-order valence-corrected chi connectivity index (χ3v) is 3.84. The predicted molar refractivity (Wildman–Crippen MR) is 68.7 cm³/mol. The fourth-order valence-corrected chi connectivity index (χ4v) is 2.80. The summed E-state index contributed by atoms with van der Waals surface area (Å²) in [5.41, 5.74) is 6.26. The van der Waals surface area contributed by atoms with Gasteiger partial charge in [0.1, 0.15) is 12.2 Å². The lowest BCUT2D eigenvalue weighted by Crippen LogP contribution is -2.29. The Morgan fingerprint density at radius 2 is 2.12 bits per heavy atom. The van der Waals surface area contributed by atoms with Crippen LogP contribution in [-0.4, -0.2) is 20.8 Å². The quantitative estimate of drug-likeness (QED) is 0.853. The Labute approximate surface area is 104 Å². The van der Waals surface area contributed by atoms with Gasteiger partial charge in [0.25, 0.3) is 0 Å². The Hall–Kier alpha value is -0.900. The van der Waals surface area contributed by atoms with Crippen LogP contribution in [-0.2, 0) is 6.42 Å². The van der Waals surface area contributed by atoms with Crippen molar-refractivity contribution in [2.45, 2.75) is 64.5 Å². The maximum Gasteiger partial charge on any atom is 0.138 e. The summed E-state index contributed by atoms with van der Waals surface area (Å²) < 4.78 is 2.00. The Kier molecular flexibility index (Phi) is 4.15. The number of aryl methyl sites for hydroxylation is 1. The van der Waals surface area contributed by atoms with E-state index < -0.39 is 0 Å². The standard InChI is InChI=1S/C13H24N4/c1-10(2)17-13(15-9-16-17)8-7-12(14)11-5-3-4-6-11/h9-12H,3-8,14H2,1-2H3. The smallest absolute Gasteiger partial charge is 0.138 e. The highest BCUT2D eigenvalue weighted by atomic mass is 15.3. The van der Waals surface area contributed by atoms with Crippen LogP contribution in [0, 0.1) is 5.92 Å². The minimum absolute atomic E-state index is 0.342. The average molecular weight is 236 g/mol. The first-order valence-electron chi connectivity index (χ1n) is 6.82. The molecule has 4 nitrogen and oxygen atoms in total. The molecule has 0 spiro atoms. The van der Waals surface area contributed by atoms with Gasteiger partial charge in [-0.05, 0) is 39.0 Å². The molecule has 1 saturated carbocycles. The summed E-state index contributed by atoms with van der Waals surface area (Å²) in [6.07, 6.45) is 9.00. The van der Waals surface area contributed by atoms with Gasteiger partial charge in [0.15, 0.2) is 0 Å². The lowest BCUT2D eigenvalue weighted by Gasteiger charge is -2.18. The van der Waals surface area contributed by atoms with Gasteiger partial charge in [0, 0.05) is 18.5 Å². The van der Waals surface area contributed by atoms with E-state index in [0.29, 0.717) is 12.1 Å². The molecule has 2 rings (SSSR count). The van der Waals surface area contributed by atoms with Crippen molar-refractivity contribution in [3.05, 3.63) is 12.2 Å². The molecule has 0 aromatic carbocycles. The summed E-state index contributed by atoms with van der Waals surface area (Å²) in [6.45, 7) is 4.27. The highest BCUT2D eigenvalue weighted by molar-refractivity contribution is 4.89. The van der Waals surface area contributed by atoms with E-state index in [1.807, 2.05) is 4.68 Å². The first-order valence-corrected chi connectivity index (χ1v) is 6.82. The van der Waals surface area contributed by atoms with Crippen LogP contribution in [0.2, 0.25) is 0 Å².